The molecule has 2 rings (SSSR count). The van der Waals surface area contributed by atoms with Crippen molar-refractivity contribution >= 4 is 23.3 Å². The number of hydrogen-bond acceptors (Lipinski definition) is 3. The highest BCUT2D eigenvalue weighted by Gasteiger charge is 2.25. The van der Waals surface area contributed by atoms with E-state index in [9.17, 15) is 14.7 Å². The molecule has 1 amide bonds. The van der Waals surface area contributed by atoms with Crippen LogP contribution in [0.25, 0.3) is 10.9 Å². The maximum atomic E-state index is 11.3. The van der Waals surface area contributed by atoms with Crippen molar-refractivity contribution < 1.29 is 14.7 Å². The summed E-state index contributed by atoms with van der Waals surface area (Å²) in [7, 11) is 1.44. The molecule has 1 N–H and O–H groups in total. The van der Waals surface area contributed by atoms with E-state index in [2.05, 4.69) is 4.98 Å². The monoisotopic (exact) mass is 244 g/mol. The zero-order valence-corrected chi connectivity index (χ0v) is 9.78. The number of carboxylic acids is 1. The Morgan fingerprint density at radius 3 is 2.78 bits per heavy atom. The molecule has 0 bridgehead atoms. The first kappa shape index (κ1) is 12.0. The summed E-state index contributed by atoms with van der Waals surface area (Å²) in [4.78, 5) is 27.4. The van der Waals surface area contributed by atoms with E-state index in [4.69, 9.17) is 0 Å². The average Bonchev–Trinajstić information content (AvgIpc) is 2.38. The summed E-state index contributed by atoms with van der Waals surface area (Å²) in [5.74, 6) is -1.08. The normalized spacial score (nSPS) is 12.1. The molecule has 2 aromatic rings. The molecule has 92 valence electrons. The van der Waals surface area contributed by atoms with Crippen molar-refractivity contribution in [1.29, 1.82) is 0 Å². The quantitative estimate of drug-likeness (QED) is 0.826. The molecule has 1 unspecified atom stereocenters. The third-order valence-corrected chi connectivity index (χ3v) is 2.77. The number of likely N-dealkylation sites (N-methyl/N-ethyl adjacent to an activating group) is 1. The molecule has 0 saturated carbocycles. The Balaban J connectivity index is 2.64. The van der Waals surface area contributed by atoms with Crippen molar-refractivity contribution in [2.24, 2.45) is 0 Å². The lowest BCUT2D eigenvalue weighted by Crippen LogP contribution is -2.29. The smallest absolute Gasteiger partial charge is 0.331 e. The van der Waals surface area contributed by atoms with Gasteiger partial charge in [-0.3, -0.25) is 9.78 Å². The molecule has 5 heteroatoms. The Labute approximate surface area is 104 Å². The summed E-state index contributed by atoms with van der Waals surface area (Å²) in [5.41, 5.74) is 1.11. The van der Waals surface area contributed by atoms with E-state index in [1.54, 1.807) is 24.4 Å². The molecule has 0 aliphatic carbocycles. The van der Waals surface area contributed by atoms with E-state index in [0.717, 1.165) is 10.3 Å². The fourth-order valence-corrected chi connectivity index (χ4v) is 1.94. The molecule has 1 atom stereocenters. The molecule has 0 aliphatic heterocycles. The van der Waals surface area contributed by atoms with Crippen molar-refractivity contribution in [2.75, 3.05) is 7.05 Å². The second-order valence-electron chi connectivity index (χ2n) is 3.93. The number of para-hydroxylation sites is 1. The Kier molecular flexibility index (Phi) is 3.23. The molecule has 1 aromatic heterocycles. The van der Waals surface area contributed by atoms with Crippen LogP contribution in [-0.4, -0.2) is 34.4 Å². The first-order valence-electron chi connectivity index (χ1n) is 5.39. The summed E-state index contributed by atoms with van der Waals surface area (Å²) in [6, 6.07) is 7.89. The molecule has 0 aliphatic rings. The summed E-state index contributed by atoms with van der Waals surface area (Å²) in [5, 5.41) is 10.1. The Hall–Kier alpha value is -2.43. The number of carboxylic acid groups (broad SMARTS) is 1. The summed E-state index contributed by atoms with van der Waals surface area (Å²) >= 11 is 0. The highest BCUT2D eigenvalue weighted by Crippen LogP contribution is 2.25. The fourth-order valence-electron chi connectivity index (χ4n) is 1.94. The Bertz CT molecular complexity index is 592. The van der Waals surface area contributed by atoms with Crippen molar-refractivity contribution in [1.82, 2.24) is 9.88 Å². The van der Waals surface area contributed by atoms with Crippen LogP contribution in [0.2, 0.25) is 0 Å². The lowest BCUT2D eigenvalue weighted by atomic mass is 10.0. The maximum absolute atomic E-state index is 11.3. The van der Waals surface area contributed by atoms with Gasteiger partial charge in [0.15, 0.2) is 6.04 Å². The summed E-state index contributed by atoms with van der Waals surface area (Å²) in [6.45, 7) is 0. The van der Waals surface area contributed by atoms with E-state index in [1.807, 2.05) is 12.1 Å². The lowest BCUT2D eigenvalue weighted by molar-refractivity contribution is -0.145. The Morgan fingerprint density at radius 1 is 1.39 bits per heavy atom. The first-order chi connectivity index (χ1) is 8.65. The summed E-state index contributed by atoms with van der Waals surface area (Å²) < 4.78 is 0. The van der Waals surface area contributed by atoms with Gasteiger partial charge >= 0.3 is 5.97 Å². The predicted octanol–water partition coefficient (Wildman–Crippen LogP) is 1.45. The van der Waals surface area contributed by atoms with Gasteiger partial charge in [0, 0.05) is 24.2 Å². The topological polar surface area (TPSA) is 70.5 Å². The second-order valence-corrected chi connectivity index (χ2v) is 3.93. The van der Waals surface area contributed by atoms with Crippen LogP contribution in [0.3, 0.4) is 0 Å². The predicted molar refractivity (Wildman–Crippen MR) is 65.9 cm³/mol. The van der Waals surface area contributed by atoms with Crippen LogP contribution in [0.15, 0.2) is 36.5 Å². The Morgan fingerprint density at radius 2 is 2.11 bits per heavy atom. The maximum Gasteiger partial charge on any atom is 0.331 e. The van der Waals surface area contributed by atoms with Gasteiger partial charge in [-0.25, -0.2) is 4.79 Å². The fraction of sp³-hybridized carbons (Fsp3) is 0.154. The zero-order valence-electron chi connectivity index (χ0n) is 9.78. The lowest BCUT2D eigenvalue weighted by Gasteiger charge is -2.21. The summed E-state index contributed by atoms with van der Waals surface area (Å²) in [6.07, 6.45) is 2.10. The number of aromatic nitrogens is 1. The molecule has 5 nitrogen and oxygen atoms in total. The molecule has 18 heavy (non-hydrogen) atoms. The number of carbonyl (C=O) groups is 2. The van der Waals surface area contributed by atoms with E-state index in [1.165, 1.54) is 7.05 Å². The van der Waals surface area contributed by atoms with Gasteiger partial charge in [-0.2, -0.15) is 0 Å². The molecule has 0 radical (unpaired) electrons. The van der Waals surface area contributed by atoms with Gasteiger partial charge in [0.1, 0.15) is 0 Å². The van der Waals surface area contributed by atoms with Gasteiger partial charge < -0.3 is 10.0 Å². The van der Waals surface area contributed by atoms with Crippen LogP contribution in [0.5, 0.6) is 0 Å². The molecule has 0 spiro atoms. The van der Waals surface area contributed by atoms with E-state index in [-0.39, 0.29) is 0 Å². The number of pyridine rings is 1. The van der Waals surface area contributed by atoms with Crippen LogP contribution < -0.4 is 0 Å². The number of nitrogens with zero attached hydrogens (tertiary/aromatic N) is 2. The van der Waals surface area contributed by atoms with Crippen molar-refractivity contribution in [2.45, 2.75) is 6.04 Å². The van der Waals surface area contributed by atoms with Crippen LogP contribution >= 0.6 is 0 Å². The van der Waals surface area contributed by atoms with E-state index >= 15 is 0 Å². The molecule has 0 saturated heterocycles. The van der Waals surface area contributed by atoms with E-state index < -0.39 is 12.0 Å². The molecular formula is C13H12N2O3. The molecule has 0 fully saturated rings. The number of hydrogen-bond donors (Lipinski definition) is 1. The minimum Gasteiger partial charge on any atom is -0.479 e. The van der Waals surface area contributed by atoms with Gasteiger partial charge in [0.25, 0.3) is 0 Å². The van der Waals surface area contributed by atoms with Gasteiger partial charge in [0.05, 0.1) is 5.52 Å². The van der Waals surface area contributed by atoms with Crippen LogP contribution in [0.4, 0.5) is 0 Å². The van der Waals surface area contributed by atoms with Gasteiger partial charge in [0.2, 0.25) is 6.41 Å². The average molecular weight is 244 g/mol. The minimum atomic E-state index is -1.08. The van der Waals surface area contributed by atoms with E-state index in [0.29, 0.717) is 17.5 Å². The number of rotatable bonds is 4. The van der Waals surface area contributed by atoms with Crippen LogP contribution in [0.1, 0.15) is 11.6 Å². The van der Waals surface area contributed by atoms with Crippen molar-refractivity contribution in [3.63, 3.8) is 0 Å². The molecule has 1 aromatic carbocycles. The number of carbonyl (C=O) groups excluding carboxylic acids is 1. The minimum absolute atomic E-state index is 0.501. The van der Waals surface area contributed by atoms with Gasteiger partial charge in [-0.1, -0.05) is 24.3 Å². The SMILES string of the molecule is CN(C=O)C(C(=O)O)c1cccc2cccnc12. The molecular weight excluding hydrogens is 232 g/mol. The first-order valence-corrected chi connectivity index (χ1v) is 5.39. The highest BCUT2D eigenvalue weighted by atomic mass is 16.4. The third kappa shape index (κ3) is 2.02. The second kappa shape index (κ2) is 4.83. The number of benzene rings is 1. The number of fused-ring (bicyclic) bond motifs is 1. The van der Waals surface area contributed by atoms with Crippen LogP contribution in [-0.2, 0) is 9.59 Å². The largest absolute Gasteiger partial charge is 0.479 e. The highest BCUT2D eigenvalue weighted by molar-refractivity contribution is 5.88. The number of aliphatic carboxylic acids is 1. The van der Waals surface area contributed by atoms with Crippen LogP contribution in [0, 0.1) is 0 Å². The standard InChI is InChI=1S/C13H12N2O3/c1-15(8-16)12(13(17)18)10-6-2-4-9-5-3-7-14-11(9)10/h2-8,12H,1H3,(H,17,18). The van der Waals surface area contributed by atoms with Crippen molar-refractivity contribution in [3.05, 3.63) is 42.1 Å². The zero-order chi connectivity index (χ0) is 13.1. The molecule has 1 heterocycles. The van der Waals surface area contributed by atoms with Crippen molar-refractivity contribution in [3.8, 4) is 0 Å². The van der Waals surface area contributed by atoms with Gasteiger partial charge in [-0.05, 0) is 6.07 Å². The third-order valence-electron chi connectivity index (χ3n) is 2.77. The van der Waals surface area contributed by atoms with Gasteiger partial charge in [-0.15, -0.1) is 0 Å². The number of amides is 1.